The number of ether oxygens (including phenoxy) is 1. The van der Waals surface area contributed by atoms with Crippen LogP contribution in [0.1, 0.15) is 37.8 Å². The predicted octanol–water partition coefficient (Wildman–Crippen LogP) is 6.49. The average Bonchev–Trinajstić information content (AvgIpc) is 2.95. The fourth-order valence-electron chi connectivity index (χ4n) is 4.30. The fourth-order valence-corrected chi connectivity index (χ4v) is 6.42. The first-order valence-corrected chi connectivity index (χ1v) is 15.9. The third kappa shape index (κ3) is 8.10. The molecule has 0 aliphatic heterocycles. The van der Waals surface area contributed by atoms with Gasteiger partial charge in [-0.15, -0.1) is 0 Å². The highest BCUT2D eigenvalue weighted by Crippen LogP contribution is 2.32. The number of sulfonamides is 1. The number of hydrogen-bond donors (Lipinski definition) is 1. The highest BCUT2D eigenvalue weighted by atomic mass is 35.5. The van der Waals surface area contributed by atoms with Gasteiger partial charge in [-0.1, -0.05) is 72.4 Å². The number of nitrogens with zero attached hydrogens (tertiary/aromatic N) is 2. The lowest BCUT2D eigenvalue weighted by atomic mass is 10.1. The van der Waals surface area contributed by atoms with Crippen LogP contribution >= 0.6 is 34.8 Å². The zero-order valence-corrected chi connectivity index (χ0v) is 26.9. The summed E-state index contributed by atoms with van der Waals surface area (Å²) >= 11 is 18.9. The summed E-state index contributed by atoms with van der Waals surface area (Å²) in [4.78, 5) is 28.7. The van der Waals surface area contributed by atoms with Crippen molar-refractivity contribution < 1.29 is 22.7 Å². The van der Waals surface area contributed by atoms with E-state index in [9.17, 15) is 18.0 Å². The number of anilines is 1. The van der Waals surface area contributed by atoms with Crippen molar-refractivity contribution in [3.63, 3.8) is 0 Å². The Labute approximate surface area is 262 Å². The van der Waals surface area contributed by atoms with E-state index in [4.69, 9.17) is 39.5 Å². The standard InChI is InChI=1S/C30H34Cl3N3O5S/c1-5-15-34-30(38)27(6-2)35(18-21-9-10-22(31)16-25(21)32)29(37)19-36(23-11-14-28(41-4)26(33)17-23)42(39,40)24-12-7-20(3)8-13-24/h7-14,16-17,27H,5-6,15,18-19H2,1-4H3,(H,34,38)/t27-/m0/s1. The Morgan fingerprint density at radius 1 is 0.952 bits per heavy atom. The predicted molar refractivity (Wildman–Crippen MR) is 168 cm³/mol. The molecule has 0 saturated heterocycles. The number of amides is 2. The van der Waals surface area contributed by atoms with Crippen LogP contribution in [0.15, 0.2) is 65.6 Å². The molecule has 0 spiro atoms. The van der Waals surface area contributed by atoms with E-state index in [1.807, 2.05) is 13.8 Å². The molecule has 8 nitrogen and oxygen atoms in total. The van der Waals surface area contributed by atoms with Crippen LogP contribution in [0.2, 0.25) is 15.1 Å². The summed E-state index contributed by atoms with van der Waals surface area (Å²) in [6, 6.07) is 14.7. The smallest absolute Gasteiger partial charge is 0.264 e. The van der Waals surface area contributed by atoms with Gasteiger partial charge in [0.15, 0.2) is 0 Å². The number of rotatable bonds is 13. The molecule has 42 heavy (non-hydrogen) atoms. The molecule has 0 aromatic heterocycles. The van der Waals surface area contributed by atoms with E-state index in [1.165, 1.54) is 42.3 Å². The minimum atomic E-state index is -4.25. The molecule has 0 unspecified atom stereocenters. The molecule has 3 rings (SSSR count). The molecular formula is C30H34Cl3N3O5S. The van der Waals surface area contributed by atoms with Crippen molar-refractivity contribution in [2.24, 2.45) is 0 Å². The van der Waals surface area contributed by atoms with Gasteiger partial charge >= 0.3 is 0 Å². The van der Waals surface area contributed by atoms with Crippen LogP contribution < -0.4 is 14.4 Å². The Morgan fingerprint density at radius 3 is 2.21 bits per heavy atom. The monoisotopic (exact) mass is 653 g/mol. The van der Waals surface area contributed by atoms with Gasteiger partial charge in [-0.3, -0.25) is 13.9 Å². The molecule has 2 amide bonds. The molecule has 0 radical (unpaired) electrons. The number of hydrogen-bond acceptors (Lipinski definition) is 5. The van der Waals surface area contributed by atoms with E-state index in [1.54, 1.807) is 37.3 Å². The van der Waals surface area contributed by atoms with E-state index in [0.717, 1.165) is 9.87 Å². The number of carbonyl (C=O) groups is 2. The van der Waals surface area contributed by atoms with E-state index >= 15 is 0 Å². The van der Waals surface area contributed by atoms with Gasteiger partial charge in [-0.05, 0) is 67.8 Å². The molecule has 3 aromatic carbocycles. The topological polar surface area (TPSA) is 96.0 Å². The molecule has 3 aromatic rings. The molecule has 12 heteroatoms. The molecule has 1 atom stereocenters. The number of halogens is 3. The Balaban J connectivity index is 2.11. The minimum absolute atomic E-state index is 0.00661. The second-order valence-corrected chi connectivity index (χ2v) is 12.7. The lowest BCUT2D eigenvalue weighted by molar-refractivity contribution is -0.140. The summed E-state index contributed by atoms with van der Waals surface area (Å²) in [6.07, 6.45) is 0.992. The number of carbonyl (C=O) groups excluding carboxylic acids is 2. The molecule has 0 bridgehead atoms. The largest absolute Gasteiger partial charge is 0.495 e. The molecular weight excluding hydrogens is 621 g/mol. The van der Waals surface area contributed by atoms with Crippen molar-refractivity contribution in [3.05, 3.63) is 86.9 Å². The lowest BCUT2D eigenvalue weighted by Crippen LogP contribution is -2.52. The summed E-state index contributed by atoms with van der Waals surface area (Å²) < 4.78 is 34.2. The van der Waals surface area contributed by atoms with Gasteiger partial charge < -0.3 is 15.0 Å². The normalized spacial score (nSPS) is 12.0. The first-order valence-electron chi connectivity index (χ1n) is 13.4. The summed E-state index contributed by atoms with van der Waals surface area (Å²) in [5.74, 6) is -0.613. The summed E-state index contributed by atoms with van der Waals surface area (Å²) in [6.45, 7) is 5.32. The second-order valence-electron chi connectivity index (χ2n) is 9.62. The zero-order chi connectivity index (χ0) is 31.0. The third-order valence-electron chi connectivity index (χ3n) is 6.60. The minimum Gasteiger partial charge on any atom is -0.495 e. The quantitative estimate of drug-likeness (QED) is 0.227. The zero-order valence-electron chi connectivity index (χ0n) is 23.9. The maximum Gasteiger partial charge on any atom is 0.264 e. The van der Waals surface area contributed by atoms with Crippen LogP contribution in [-0.2, 0) is 26.2 Å². The Morgan fingerprint density at radius 2 is 1.64 bits per heavy atom. The van der Waals surface area contributed by atoms with Crippen LogP contribution in [0.25, 0.3) is 0 Å². The van der Waals surface area contributed by atoms with Crippen molar-refractivity contribution in [2.75, 3.05) is 24.5 Å². The van der Waals surface area contributed by atoms with Crippen LogP contribution in [0.5, 0.6) is 5.75 Å². The van der Waals surface area contributed by atoms with Crippen LogP contribution in [0.3, 0.4) is 0 Å². The first-order chi connectivity index (χ1) is 19.9. The number of methoxy groups -OCH3 is 1. The molecule has 0 aliphatic carbocycles. The highest BCUT2D eigenvalue weighted by Gasteiger charge is 2.34. The van der Waals surface area contributed by atoms with Crippen molar-refractivity contribution >= 4 is 62.3 Å². The van der Waals surface area contributed by atoms with Gasteiger partial charge in [0.25, 0.3) is 10.0 Å². The third-order valence-corrected chi connectivity index (χ3v) is 9.27. The SMILES string of the molecule is CCCNC(=O)[C@H](CC)N(Cc1ccc(Cl)cc1Cl)C(=O)CN(c1ccc(OC)c(Cl)c1)S(=O)(=O)c1ccc(C)cc1. The van der Waals surface area contributed by atoms with Crippen molar-refractivity contribution in [3.8, 4) is 5.75 Å². The van der Waals surface area contributed by atoms with Gasteiger partial charge in [0.1, 0.15) is 18.3 Å². The second kappa shape index (κ2) is 15.0. The van der Waals surface area contributed by atoms with Gasteiger partial charge in [0, 0.05) is 23.1 Å². The van der Waals surface area contributed by atoms with Gasteiger partial charge in [0.05, 0.1) is 22.7 Å². The van der Waals surface area contributed by atoms with Gasteiger partial charge in [-0.25, -0.2) is 8.42 Å². The lowest BCUT2D eigenvalue weighted by Gasteiger charge is -2.33. The summed E-state index contributed by atoms with van der Waals surface area (Å²) in [7, 11) is -2.80. The molecule has 0 heterocycles. The average molecular weight is 655 g/mol. The first kappa shape index (κ1) is 33.5. The van der Waals surface area contributed by atoms with Crippen LogP contribution in [0, 0.1) is 6.92 Å². The van der Waals surface area contributed by atoms with Crippen molar-refractivity contribution in [1.29, 1.82) is 0 Å². The molecule has 1 N–H and O–H groups in total. The molecule has 0 aliphatic rings. The van der Waals surface area contributed by atoms with Crippen LogP contribution in [-0.4, -0.2) is 51.4 Å². The van der Waals surface area contributed by atoms with E-state index in [2.05, 4.69) is 5.32 Å². The molecule has 226 valence electrons. The Kier molecular flexibility index (Phi) is 11.9. The van der Waals surface area contributed by atoms with Gasteiger partial charge in [0.2, 0.25) is 11.8 Å². The van der Waals surface area contributed by atoms with E-state index < -0.39 is 28.5 Å². The summed E-state index contributed by atoms with van der Waals surface area (Å²) in [5, 5.41) is 3.75. The molecule has 0 saturated carbocycles. The number of aryl methyl sites for hydroxylation is 1. The summed E-state index contributed by atoms with van der Waals surface area (Å²) in [5.41, 5.74) is 1.58. The van der Waals surface area contributed by atoms with Crippen molar-refractivity contribution in [1.82, 2.24) is 10.2 Å². The van der Waals surface area contributed by atoms with E-state index in [-0.39, 0.29) is 34.5 Å². The number of nitrogens with one attached hydrogen (secondary N) is 1. The van der Waals surface area contributed by atoms with Crippen LogP contribution in [0.4, 0.5) is 5.69 Å². The van der Waals surface area contributed by atoms with Gasteiger partial charge in [-0.2, -0.15) is 0 Å². The fraction of sp³-hybridized carbons (Fsp3) is 0.333. The van der Waals surface area contributed by atoms with Crippen molar-refractivity contribution in [2.45, 2.75) is 51.1 Å². The highest BCUT2D eigenvalue weighted by molar-refractivity contribution is 7.92. The maximum atomic E-state index is 14.1. The van der Waals surface area contributed by atoms with E-state index in [0.29, 0.717) is 34.3 Å². The number of benzene rings is 3. The molecule has 0 fully saturated rings. The Bertz CT molecular complexity index is 1520. The maximum absolute atomic E-state index is 14.1. The Hall–Kier alpha value is -2.98.